The Morgan fingerprint density at radius 1 is 1.08 bits per heavy atom. The van der Waals surface area contributed by atoms with E-state index in [1.807, 2.05) is 6.92 Å². The van der Waals surface area contributed by atoms with E-state index < -0.39 is 16.0 Å². The van der Waals surface area contributed by atoms with Crippen molar-refractivity contribution in [2.45, 2.75) is 11.8 Å². The fourth-order valence-electron chi connectivity index (χ4n) is 2.22. The number of carbonyl (C=O) groups is 1. The summed E-state index contributed by atoms with van der Waals surface area (Å²) in [6, 6.07) is 10.5. The van der Waals surface area contributed by atoms with Crippen LogP contribution in [-0.2, 0) is 10.0 Å². The molecule has 0 amide bonds. The van der Waals surface area contributed by atoms with Gasteiger partial charge in [-0.15, -0.1) is 10.2 Å². The number of nitrogens with zero attached hydrogens (tertiary/aromatic N) is 3. The highest BCUT2D eigenvalue weighted by molar-refractivity contribution is 7.92. The van der Waals surface area contributed by atoms with Gasteiger partial charge in [-0.25, -0.2) is 13.2 Å². The van der Waals surface area contributed by atoms with E-state index in [2.05, 4.69) is 14.9 Å². The highest BCUT2D eigenvalue weighted by Crippen LogP contribution is 2.24. The first-order chi connectivity index (χ1) is 11.9. The Hall–Kier alpha value is -3.20. The summed E-state index contributed by atoms with van der Waals surface area (Å²) in [5.74, 6) is -1.24. The molecule has 0 aliphatic carbocycles. The van der Waals surface area contributed by atoms with E-state index in [0.29, 0.717) is 5.69 Å². The minimum absolute atomic E-state index is 0.0423. The number of nitrogens with one attached hydrogen (secondary N) is 1. The zero-order chi connectivity index (χ0) is 18.0. The molecule has 2 aromatic carbocycles. The molecule has 0 aliphatic heterocycles. The van der Waals surface area contributed by atoms with Gasteiger partial charge in [0.05, 0.1) is 21.8 Å². The average molecular weight is 358 g/mol. The summed E-state index contributed by atoms with van der Waals surface area (Å²) in [5.41, 5.74) is 1.24. The summed E-state index contributed by atoms with van der Waals surface area (Å²) in [6.45, 7) is 1.84. The standard InChI is InChI=1S/C16H14N4O4S/c1-11-2-5-13(6-3-11)25(23,24)19-15-8-12(20-9-17-18-10-20)4-7-14(15)16(21)22/h2-10,19H,1H3,(H,21,22). The Bertz CT molecular complexity index is 1010. The van der Waals surface area contributed by atoms with Crippen LogP contribution in [0.4, 0.5) is 5.69 Å². The highest BCUT2D eigenvalue weighted by Gasteiger charge is 2.19. The summed E-state index contributed by atoms with van der Waals surface area (Å²) in [6.07, 6.45) is 2.85. The van der Waals surface area contributed by atoms with Crippen molar-refractivity contribution in [3.05, 3.63) is 66.2 Å². The van der Waals surface area contributed by atoms with Crippen molar-refractivity contribution >= 4 is 21.7 Å². The Balaban J connectivity index is 2.04. The quantitative estimate of drug-likeness (QED) is 0.722. The van der Waals surface area contributed by atoms with Crippen molar-refractivity contribution in [3.63, 3.8) is 0 Å². The zero-order valence-corrected chi connectivity index (χ0v) is 13.9. The van der Waals surface area contributed by atoms with Gasteiger partial charge in [-0.05, 0) is 37.3 Å². The Labute approximate surface area is 143 Å². The molecule has 0 bridgehead atoms. The van der Waals surface area contributed by atoms with Crippen molar-refractivity contribution in [3.8, 4) is 5.69 Å². The number of carboxylic acid groups (broad SMARTS) is 1. The second-order valence-corrected chi connectivity index (χ2v) is 7.01. The molecule has 1 heterocycles. The highest BCUT2D eigenvalue weighted by atomic mass is 32.2. The number of aromatic carboxylic acids is 1. The van der Waals surface area contributed by atoms with Gasteiger partial charge in [0, 0.05) is 0 Å². The predicted octanol–water partition coefficient (Wildman–Crippen LogP) is 2.07. The number of hydrogen-bond acceptors (Lipinski definition) is 5. The van der Waals surface area contributed by atoms with Gasteiger partial charge in [-0.1, -0.05) is 17.7 Å². The first-order valence-electron chi connectivity index (χ1n) is 7.19. The SMILES string of the molecule is Cc1ccc(S(=O)(=O)Nc2cc(-n3cnnc3)ccc2C(=O)O)cc1. The topological polar surface area (TPSA) is 114 Å². The summed E-state index contributed by atoms with van der Waals surface area (Å²) in [4.78, 5) is 11.5. The van der Waals surface area contributed by atoms with Crippen LogP contribution in [0, 0.1) is 6.92 Å². The maximum absolute atomic E-state index is 12.5. The molecule has 3 rings (SSSR count). The van der Waals surface area contributed by atoms with Crippen LogP contribution in [0.5, 0.6) is 0 Å². The first kappa shape index (κ1) is 16.7. The van der Waals surface area contributed by atoms with Crippen LogP contribution in [0.15, 0.2) is 60.0 Å². The monoisotopic (exact) mass is 358 g/mol. The molecule has 0 saturated heterocycles. The van der Waals surface area contributed by atoms with E-state index in [-0.39, 0.29) is 16.1 Å². The molecule has 128 valence electrons. The van der Waals surface area contributed by atoms with E-state index in [1.165, 1.54) is 47.6 Å². The van der Waals surface area contributed by atoms with Crippen molar-refractivity contribution in [1.82, 2.24) is 14.8 Å². The largest absolute Gasteiger partial charge is 0.478 e. The zero-order valence-electron chi connectivity index (χ0n) is 13.1. The molecule has 2 N–H and O–H groups in total. The molecule has 1 aromatic heterocycles. The lowest BCUT2D eigenvalue weighted by Crippen LogP contribution is -2.16. The Morgan fingerprint density at radius 3 is 2.32 bits per heavy atom. The van der Waals surface area contributed by atoms with Crippen LogP contribution in [0.25, 0.3) is 5.69 Å². The molecule has 0 fully saturated rings. The number of aryl methyl sites for hydroxylation is 1. The van der Waals surface area contributed by atoms with E-state index >= 15 is 0 Å². The molecule has 0 radical (unpaired) electrons. The van der Waals surface area contributed by atoms with E-state index in [9.17, 15) is 18.3 Å². The van der Waals surface area contributed by atoms with Gasteiger partial charge in [-0.3, -0.25) is 9.29 Å². The fourth-order valence-corrected chi connectivity index (χ4v) is 3.29. The van der Waals surface area contributed by atoms with Crippen molar-refractivity contribution < 1.29 is 18.3 Å². The molecule has 0 atom stereocenters. The third-order valence-electron chi connectivity index (χ3n) is 3.53. The predicted molar refractivity (Wildman–Crippen MR) is 90.3 cm³/mol. The van der Waals surface area contributed by atoms with Crippen LogP contribution < -0.4 is 4.72 Å². The normalized spacial score (nSPS) is 11.2. The van der Waals surface area contributed by atoms with E-state index in [1.54, 1.807) is 12.1 Å². The van der Waals surface area contributed by atoms with Crippen LogP contribution >= 0.6 is 0 Å². The average Bonchev–Trinajstić information content (AvgIpc) is 3.09. The number of sulfonamides is 1. The molecule has 0 aliphatic rings. The summed E-state index contributed by atoms with van der Waals surface area (Å²) < 4.78 is 29.0. The molecule has 0 spiro atoms. The summed E-state index contributed by atoms with van der Waals surface area (Å²) in [5, 5.41) is 16.7. The van der Waals surface area contributed by atoms with Gasteiger partial charge < -0.3 is 5.11 Å². The smallest absolute Gasteiger partial charge is 0.337 e. The summed E-state index contributed by atoms with van der Waals surface area (Å²) in [7, 11) is -3.93. The molecule has 0 unspecified atom stereocenters. The fraction of sp³-hybridized carbons (Fsp3) is 0.0625. The summed E-state index contributed by atoms with van der Waals surface area (Å²) >= 11 is 0. The Kier molecular flexibility index (Phi) is 4.24. The minimum Gasteiger partial charge on any atom is -0.478 e. The molecule has 0 saturated carbocycles. The molecule has 9 heteroatoms. The van der Waals surface area contributed by atoms with Gasteiger partial charge in [-0.2, -0.15) is 0 Å². The lowest BCUT2D eigenvalue weighted by atomic mass is 10.1. The molecular weight excluding hydrogens is 344 g/mol. The Morgan fingerprint density at radius 2 is 1.72 bits per heavy atom. The molecule has 8 nitrogen and oxygen atoms in total. The van der Waals surface area contributed by atoms with Crippen molar-refractivity contribution in [2.24, 2.45) is 0 Å². The first-order valence-corrected chi connectivity index (χ1v) is 8.67. The van der Waals surface area contributed by atoms with E-state index in [0.717, 1.165) is 5.56 Å². The van der Waals surface area contributed by atoms with Gasteiger partial charge >= 0.3 is 5.97 Å². The van der Waals surface area contributed by atoms with Gasteiger partial charge in [0.15, 0.2) is 0 Å². The van der Waals surface area contributed by atoms with Crippen molar-refractivity contribution in [2.75, 3.05) is 4.72 Å². The third-order valence-corrected chi connectivity index (χ3v) is 4.91. The van der Waals surface area contributed by atoms with Gasteiger partial charge in [0.2, 0.25) is 0 Å². The number of hydrogen-bond donors (Lipinski definition) is 2. The maximum atomic E-state index is 12.5. The number of carboxylic acids is 1. The minimum atomic E-state index is -3.93. The van der Waals surface area contributed by atoms with Gasteiger partial charge in [0.25, 0.3) is 10.0 Å². The van der Waals surface area contributed by atoms with Gasteiger partial charge in [0.1, 0.15) is 12.7 Å². The molecule has 3 aromatic rings. The van der Waals surface area contributed by atoms with Crippen LogP contribution in [-0.4, -0.2) is 34.3 Å². The molecule has 25 heavy (non-hydrogen) atoms. The lowest BCUT2D eigenvalue weighted by Gasteiger charge is -2.12. The van der Waals surface area contributed by atoms with Crippen LogP contribution in [0.2, 0.25) is 0 Å². The second-order valence-electron chi connectivity index (χ2n) is 5.32. The molecular formula is C16H14N4O4S. The number of rotatable bonds is 5. The number of anilines is 1. The number of benzene rings is 2. The van der Waals surface area contributed by atoms with Crippen LogP contribution in [0.1, 0.15) is 15.9 Å². The second kappa shape index (κ2) is 6.36. The number of aromatic nitrogens is 3. The third kappa shape index (κ3) is 3.50. The van der Waals surface area contributed by atoms with E-state index in [4.69, 9.17) is 0 Å². The van der Waals surface area contributed by atoms with Crippen molar-refractivity contribution in [1.29, 1.82) is 0 Å². The lowest BCUT2D eigenvalue weighted by molar-refractivity contribution is 0.0698. The maximum Gasteiger partial charge on any atom is 0.337 e. The van der Waals surface area contributed by atoms with Crippen LogP contribution in [0.3, 0.4) is 0 Å².